The third-order valence-corrected chi connectivity index (χ3v) is 5.17. The monoisotopic (exact) mass is 429 g/mol. The molecule has 3 rings (SSSR count). The maximum absolute atomic E-state index is 13.2. The van der Waals surface area contributed by atoms with Crippen molar-refractivity contribution in [1.82, 2.24) is 5.32 Å². The fourth-order valence-electron chi connectivity index (χ4n) is 3.31. The lowest BCUT2D eigenvalue weighted by molar-refractivity contribution is -0.121. The predicted octanol–water partition coefficient (Wildman–Crippen LogP) is 4.57. The quantitative estimate of drug-likeness (QED) is 0.747. The van der Waals surface area contributed by atoms with Crippen LogP contribution in [0.4, 0.5) is 16.2 Å². The highest BCUT2D eigenvalue weighted by atomic mass is 79.9. The number of hydrogen-bond acceptors (Lipinski definition) is 2. The van der Waals surface area contributed by atoms with Gasteiger partial charge in [-0.3, -0.25) is 4.79 Å². The molecule has 0 bridgehead atoms. The van der Waals surface area contributed by atoms with E-state index in [2.05, 4.69) is 32.6 Å². The van der Waals surface area contributed by atoms with Gasteiger partial charge in [-0.15, -0.1) is 0 Å². The SMILES string of the molecule is CC(C)C(NC(=O)Nc1ccccc1)C(=O)N1CCCc2cc(Br)ccc21. The molecule has 1 aliphatic rings. The smallest absolute Gasteiger partial charge is 0.319 e. The van der Waals surface area contributed by atoms with Crippen LogP contribution in [0.5, 0.6) is 0 Å². The summed E-state index contributed by atoms with van der Waals surface area (Å²) in [5.74, 6) is -0.101. The molecule has 2 N–H and O–H groups in total. The molecule has 3 amide bonds. The Labute approximate surface area is 168 Å². The summed E-state index contributed by atoms with van der Waals surface area (Å²) in [6.45, 7) is 4.55. The Bertz CT molecular complexity index is 823. The number of carbonyl (C=O) groups excluding carboxylic acids is 2. The highest BCUT2D eigenvalue weighted by molar-refractivity contribution is 9.10. The lowest BCUT2D eigenvalue weighted by Gasteiger charge is -2.34. The summed E-state index contributed by atoms with van der Waals surface area (Å²) in [7, 11) is 0. The molecular formula is C21H24BrN3O2. The summed E-state index contributed by atoms with van der Waals surface area (Å²) in [6, 6.07) is 14.2. The summed E-state index contributed by atoms with van der Waals surface area (Å²) < 4.78 is 1.01. The van der Waals surface area contributed by atoms with Crippen molar-refractivity contribution in [2.24, 2.45) is 5.92 Å². The number of benzene rings is 2. The molecule has 2 aromatic carbocycles. The van der Waals surface area contributed by atoms with Crippen molar-refractivity contribution in [3.63, 3.8) is 0 Å². The van der Waals surface area contributed by atoms with Gasteiger partial charge in [-0.05, 0) is 54.7 Å². The van der Waals surface area contributed by atoms with Gasteiger partial charge in [-0.1, -0.05) is 48.0 Å². The van der Waals surface area contributed by atoms with Gasteiger partial charge in [0, 0.05) is 22.4 Å². The van der Waals surface area contributed by atoms with E-state index in [1.807, 2.05) is 56.3 Å². The summed E-state index contributed by atoms with van der Waals surface area (Å²) in [5.41, 5.74) is 2.78. The number of halogens is 1. The van der Waals surface area contributed by atoms with Gasteiger partial charge < -0.3 is 15.5 Å². The van der Waals surface area contributed by atoms with Crippen LogP contribution in [0.25, 0.3) is 0 Å². The maximum atomic E-state index is 13.2. The standard InChI is InChI=1S/C21H24BrN3O2/c1-14(2)19(24-21(27)23-17-8-4-3-5-9-17)20(26)25-12-6-7-15-13-16(22)10-11-18(15)25/h3-5,8-11,13-14,19H,6-7,12H2,1-2H3,(H2,23,24,27). The number of nitrogens with zero attached hydrogens (tertiary/aromatic N) is 1. The number of urea groups is 1. The highest BCUT2D eigenvalue weighted by Gasteiger charge is 2.31. The molecular weight excluding hydrogens is 406 g/mol. The lowest BCUT2D eigenvalue weighted by atomic mass is 9.98. The second-order valence-corrected chi connectivity index (χ2v) is 7.97. The van der Waals surface area contributed by atoms with Gasteiger partial charge in [-0.25, -0.2) is 4.79 Å². The molecule has 1 heterocycles. The van der Waals surface area contributed by atoms with Crippen molar-refractivity contribution in [1.29, 1.82) is 0 Å². The molecule has 5 nitrogen and oxygen atoms in total. The first kappa shape index (κ1) is 19.4. The topological polar surface area (TPSA) is 61.4 Å². The Kier molecular flexibility index (Phi) is 6.16. The Morgan fingerprint density at radius 2 is 1.85 bits per heavy atom. The summed E-state index contributed by atoms with van der Waals surface area (Å²) in [6.07, 6.45) is 1.86. The van der Waals surface area contributed by atoms with Gasteiger partial charge in [0.2, 0.25) is 5.91 Å². The second kappa shape index (κ2) is 8.57. The Hall–Kier alpha value is -2.34. The van der Waals surface area contributed by atoms with Crippen molar-refractivity contribution >= 4 is 39.2 Å². The van der Waals surface area contributed by atoms with E-state index < -0.39 is 6.04 Å². The first-order chi connectivity index (χ1) is 13.0. The number of hydrogen-bond donors (Lipinski definition) is 2. The van der Waals surface area contributed by atoms with Gasteiger partial charge >= 0.3 is 6.03 Å². The van der Waals surface area contributed by atoms with Gasteiger partial charge in [0.15, 0.2) is 0 Å². The Balaban J connectivity index is 1.75. The molecule has 1 aliphatic heterocycles. The van der Waals surface area contributed by atoms with E-state index in [0.29, 0.717) is 12.2 Å². The van der Waals surface area contributed by atoms with Crippen LogP contribution in [0.1, 0.15) is 25.8 Å². The highest BCUT2D eigenvalue weighted by Crippen LogP contribution is 2.30. The molecule has 1 unspecified atom stereocenters. The van der Waals surface area contributed by atoms with E-state index >= 15 is 0 Å². The third-order valence-electron chi connectivity index (χ3n) is 4.68. The predicted molar refractivity (Wildman–Crippen MR) is 112 cm³/mol. The first-order valence-corrected chi connectivity index (χ1v) is 9.97. The van der Waals surface area contributed by atoms with Crippen LogP contribution in [-0.2, 0) is 11.2 Å². The van der Waals surface area contributed by atoms with Crippen molar-refractivity contribution in [3.05, 3.63) is 58.6 Å². The molecule has 142 valence electrons. The average Bonchev–Trinajstić information content (AvgIpc) is 2.65. The summed E-state index contributed by atoms with van der Waals surface area (Å²) in [4.78, 5) is 27.5. The number of nitrogens with one attached hydrogen (secondary N) is 2. The number of rotatable bonds is 4. The van der Waals surface area contributed by atoms with Crippen LogP contribution in [0.15, 0.2) is 53.0 Å². The molecule has 0 aliphatic carbocycles. The lowest BCUT2D eigenvalue weighted by Crippen LogP contribution is -2.53. The van der Waals surface area contributed by atoms with Gasteiger partial charge in [-0.2, -0.15) is 0 Å². The fraction of sp³-hybridized carbons (Fsp3) is 0.333. The van der Waals surface area contributed by atoms with Gasteiger partial charge in [0.05, 0.1) is 0 Å². The molecule has 6 heteroatoms. The van der Waals surface area contributed by atoms with E-state index in [-0.39, 0.29) is 17.9 Å². The van der Waals surface area contributed by atoms with E-state index in [4.69, 9.17) is 0 Å². The van der Waals surface area contributed by atoms with Crippen LogP contribution in [0, 0.1) is 5.92 Å². The zero-order valence-corrected chi connectivity index (χ0v) is 17.1. The number of fused-ring (bicyclic) bond motifs is 1. The molecule has 2 aromatic rings. The van der Waals surface area contributed by atoms with Crippen LogP contribution in [0.2, 0.25) is 0 Å². The van der Waals surface area contributed by atoms with Gasteiger partial charge in [0.25, 0.3) is 0 Å². The Morgan fingerprint density at radius 3 is 2.56 bits per heavy atom. The maximum Gasteiger partial charge on any atom is 0.319 e. The normalized spacial score (nSPS) is 14.4. The fourth-order valence-corrected chi connectivity index (χ4v) is 3.71. The van der Waals surface area contributed by atoms with Crippen LogP contribution in [0.3, 0.4) is 0 Å². The number of aryl methyl sites for hydroxylation is 1. The van der Waals surface area contributed by atoms with E-state index in [1.165, 1.54) is 0 Å². The molecule has 0 saturated heterocycles. The van der Waals surface area contributed by atoms with E-state index in [9.17, 15) is 9.59 Å². The molecule has 0 radical (unpaired) electrons. The first-order valence-electron chi connectivity index (χ1n) is 9.18. The number of para-hydroxylation sites is 1. The molecule has 0 aromatic heterocycles. The summed E-state index contributed by atoms with van der Waals surface area (Å²) in [5, 5.41) is 5.64. The average molecular weight is 430 g/mol. The van der Waals surface area contributed by atoms with Crippen LogP contribution in [-0.4, -0.2) is 24.5 Å². The Morgan fingerprint density at radius 1 is 1.11 bits per heavy atom. The molecule has 1 atom stereocenters. The zero-order chi connectivity index (χ0) is 19.4. The number of amides is 3. The minimum Gasteiger partial charge on any atom is -0.326 e. The van der Waals surface area contributed by atoms with Gasteiger partial charge in [0.1, 0.15) is 6.04 Å². The van der Waals surface area contributed by atoms with Crippen LogP contribution < -0.4 is 15.5 Å². The minimum atomic E-state index is -0.594. The largest absolute Gasteiger partial charge is 0.326 e. The molecule has 0 spiro atoms. The number of carbonyl (C=O) groups is 2. The molecule has 27 heavy (non-hydrogen) atoms. The van der Waals surface area contributed by atoms with Crippen molar-refractivity contribution in [2.75, 3.05) is 16.8 Å². The molecule has 0 saturated carbocycles. The van der Waals surface area contributed by atoms with Crippen molar-refractivity contribution in [3.8, 4) is 0 Å². The number of anilines is 2. The zero-order valence-electron chi connectivity index (χ0n) is 15.5. The third kappa shape index (κ3) is 4.69. The van der Waals surface area contributed by atoms with Crippen LogP contribution >= 0.6 is 15.9 Å². The molecule has 0 fully saturated rings. The second-order valence-electron chi connectivity index (χ2n) is 7.05. The van der Waals surface area contributed by atoms with Crippen molar-refractivity contribution in [2.45, 2.75) is 32.7 Å². The van der Waals surface area contributed by atoms with E-state index in [0.717, 1.165) is 28.6 Å². The summed E-state index contributed by atoms with van der Waals surface area (Å²) >= 11 is 3.50. The van der Waals surface area contributed by atoms with Crippen molar-refractivity contribution < 1.29 is 9.59 Å². The van der Waals surface area contributed by atoms with E-state index in [1.54, 1.807) is 4.90 Å². The minimum absolute atomic E-state index is 0.0279.